The van der Waals surface area contributed by atoms with Gasteiger partial charge in [-0.1, -0.05) is 11.6 Å². The van der Waals surface area contributed by atoms with Crippen LogP contribution in [0.1, 0.15) is 22.5 Å². The van der Waals surface area contributed by atoms with Crippen LogP contribution in [0.3, 0.4) is 0 Å². The lowest BCUT2D eigenvalue weighted by molar-refractivity contribution is -0.141. The summed E-state index contributed by atoms with van der Waals surface area (Å²) in [5, 5.41) is 5.64. The van der Waals surface area contributed by atoms with E-state index in [1.54, 1.807) is 4.98 Å². The molecule has 0 fully saturated rings. The van der Waals surface area contributed by atoms with Gasteiger partial charge >= 0.3 is 6.18 Å². The van der Waals surface area contributed by atoms with Crippen molar-refractivity contribution in [2.45, 2.75) is 12.6 Å². The molecule has 2 heterocycles. The molecule has 3 N–H and O–H groups in total. The molecule has 0 saturated carbocycles. The van der Waals surface area contributed by atoms with Crippen molar-refractivity contribution in [2.75, 3.05) is 19.6 Å². The maximum absolute atomic E-state index is 12.4. The Hall–Kier alpha value is -2.09. The van der Waals surface area contributed by atoms with E-state index in [4.69, 9.17) is 0 Å². The maximum Gasteiger partial charge on any atom is 0.431 e. The Morgan fingerprint density at radius 3 is 2.67 bits per heavy atom. The van der Waals surface area contributed by atoms with Gasteiger partial charge in [-0.05, 0) is 25.1 Å². The molecule has 0 spiro atoms. The van der Waals surface area contributed by atoms with Gasteiger partial charge in [0.25, 0.3) is 11.5 Å². The second kappa shape index (κ2) is 6.13. The van der Waals surface area contributed by atoms with Gasteiger partial charge in [0, 0.05) is 13.1 Å². The van der Waals surface area contributed by atoms with Crippen LogP contribution in [0.4, 0.5) is 13.2 Å². The highest BCUT2D eigenvalue weighted by Gasteiger charge is 2.32. The van der Waals surface area contributed by atoms with Crippen molar-refractivity contribution in [3.05, 3.63) is 45.4 Å². The zero-order chi connectivity index (χ0) is 15.5. The highest BCUT2D eigenvalue weighted by atomic mass is 19.4. The van der Waals surface area contributed by atoms with Crippen molar-refractivity contribution in [3.63, 3.8) is 0 Å². The van der Waals surface area contributed by atoms with Gasteiger partial charge in [-0.2, -0.15) is 13.2 Å². The number of rotatable bonds is 3. The minimum atomic E-state index is -4.64. The first kappa shape index (κ1) is 15.3. The number of pyridine rings is 1. The molecule has 0 atom stereocenters. The van der Waals surface area contributed by atoms with E-state index in [0.29, 0.717) is 12.6 Å². The second-order valence-electron chi connectivity index (χ2n) is 4.61. The lowest BCUT2D eigenvalue weighted by Gasteiger charge is -2.14. The van der Waals surface area contributed by atoms with Crippen LogP contribution in [0.5, 0.6) is 0 Å². The second-order valence-corrected chi connectivity index (χ2v) is 4.61. The standard InChI is InChI=1S/C13H14F3N3O2/c14-13(15,16)10-2-1-9(12(21)19-10)11(20)18-7-8-3-5-17-6-4-8/h1-3,17H,4-7H2,(H,18,20)(H,19,21). The maximum atomic E-state index is 12.4. The fourth-order valence-corrected chi connectivity index (χ4v) is 1.94. The Labute approximate surface area is 118 Å². The zero-order valence-electron chi connectivity index (χ0n) is 11.0. The highest BCUT2D eigenvalue weighted by Crippen LogP contribution is 2.26. The number of alkyl halides is 3. The molecular weight excluding hydrogens is 287 g/mol. The zero-order valence-corrected chi connectivity index (χ0v) is 11.0. The molecule has 2 rings (SSSR count). The number of aromatic nitrogens is 1. The summed E-state index contributed by atoms with van der Waals surface area (Å²) in [4.78, 5) is 25.0. The van der Waals surface area contributed by atoms with Gasteiger partial charge in [0.1, 0.15) is 11.3 Å². The summed E-state index contributed by atoms with van der Waals surface area (Å²) < 4.78 is 37.2. The Kier molecular flexibility index (Phi) is 4.46. The Balaban J connectivity index is 2.06. The highest BCUT2D eigenvalue weighted by molar-refractivity contribution is 5.93. The average molecular weight is 301 g/mol. The summed E-state index contributed by atoms with van der Waals surface area (Å²) in [6.07, 6.45) is -1.93. The first-order valence-corrected chi connectivity index (χ1v) is 6.35. The summed E-state index contributed by atoms with van der Waals surface area (Å²) in [5.74, 6) is -0.690. The summed E-state index contributed by atoms with van der Waals surface area (Å²) in [6.45, 7) is 1.80. The Bertz CT molecular complexity index is 620. The van der Waals surface area contributed by atoms with Crippen LogP contribution in [0, 0.1) is 0 Å². The number of carbonyl (C=O) groups excluding carboxylic acids is 1. The normalized spacial score (nSPS) is 15.5. The molecule has 1 amide bonds. The number of hydrogen-bond donors (Lipinski definition) is 3. The largest absolute Gasteiger partial charge is 0.431 e. The monoisotopic (exact) mass is 301 g/mol. The van der Waals surface area contributed by atoms with Crippen molar-refractivity contribution in [1.29, 1.82) is 0 Å². The molecule has 21 heavy (non-hydrogen) atoms. The van der Waals surface area contributed by atoms with E-state index in [2.05, 4.69) is 10.6 Å². The van der Waals surface area contributed by atoms with Gasteiger partial charge in [-0.3, -0.25) is 9.59 Å². The minimum Gasteiger partial charge on any atom is -0.348 e. The van der Waals surface area contributed by atoms with Gasteiger partial charge in [0.05, 0.1) is 0 Å². The van der Waals surface area contributed by atoms with Crippen LogP contribution in [-0.2, 0) is 6.18 Å². The van der Waals surface area contributed by atoms with Crippen molar-refractivity contribution in [3.8, 4) is 0 Å². The van der Waals surface area contributed by atoms with Crippen molar-refractivity contribution in [2.24, 2.45) is 0 Å². The molecule has 5 nitrogen and oxygen atoms in total. The van der Waals surface area contributed by atoms with E-state index in [9.17, 15) is 22.8 Å². The lowest BCUT2D eigenvalue weighted by Crippen LogP contribution is -2.33. The number of carbonyl (C=O) groups is 1. The van der Waals surface area contributed by atoms with Crippen LogP contribution in [-0.4, -0.2) is 30.5 Å². The quantitative estimate of drug-likeness (QED) is 0.730. The van der Waals surface area contributed by atoms with Gasteiger partial charge in [0.2, 0.25) is 0 Å². The molecule has 1 aliphatic rings. The molecule has 1 aliphatic heterocycles. The van der Waals surface area contributed by atoms with Gasteiger partial charge in [-0.15, -0.1) is 0 Å². The fourth-order valence-electron chi connectivity index (χ4n) is 1.94. The predicted octanol–water partition coefficient (Wildman–Crippen LogP) is 1.04. The number of H-pyrrole nitrogens is 1. The van der Waals surface area contributed by atoms with E-state index >= 15 is 0 Å². The molecule has 0 aliphatic carbocycles. The van der Waals surface area contributed by atoms with Crippen LogP contribution < -0.4 is 16.2 Å². The average Bonchev–Trinajstić information content (AvgIpc) is 2.45. The SMILES string of the molecule is O=C(NCC1=CCNCC1)c1ccc(C(F)(F)F)[nH]c1=O. The molecule has 1 aromatic rings. The molecule has 0 aromatic carbocycles. The molecule has 8 heteroatoms. The van der Waals surface area contributed by atoms with Crippen LogP contribution in [0.15, 0.2) is 28.6 Å². The molecule has 0 radical (unpaired) electrons. The number of aromatic amines is 1. The van der Waals surface area contributed by atoms with E-state index < -0.39 is 23.3 Å². The van der Waals surface area contributed by atoms with Crippen LogP contribution in [0.25, 0.3) is 0 Å². The summed E-state index contributed by atoms with van der Waals surface area (Å²) in [6, 6.07) is 1.56. The van der Waals surface area contributed by atoms with Gasteiger partial charge < -0.3 is 15.6 Å². The third-order valence-electron chi connectivity index (χ3n) is 3.09. The fraction of sp³-hybridized carbons (Fsp3) is 0.385. The first-order valence-electron chi connectivity index (χ1n) is 6.35. The van der Waals surface area contributed by atoms with Crippen molar-refractivity contribution in [1.82, 2.24) is 15.6 Å². The number of amides is 1. The Morgan fingerprint density at radius 2 is 2.10 bits per heavy atom. The topological polar surface area (TPSA) is 74.0 Å². The molecule has 0 unspecified atom stereocenters. The third kappa shape index (κ3) is 3.94. The number of hydrogen-bond acceptors (Lipinski definition) is 3. The van der Waals surface area contributed by atoms with Crippen molar-refractivity contribution < 1.29 is 18.0 Å². The minimum absolute atomic E-state index is 0.279. The van der Waals surface area contributed by atoms with Crippen molar-refractivity contribution >= 4 is 5.91 Å². The molecule has 114 valence electrons. The summed E-state index contributed by atoms with van der Waals surface area (Å²) in [7, 11) is 0. The Morgan fingerprint density at radius 1 is 1.33 bits per heavy atom. The van der Waals surface area contributed by atoms with E-state index in [-0.39, 0.29) is 12.1 Å². The van der Waals surface area contributed by atoms with E-state index in [0.717, 1.165) is 24.6 Å². The van der Waals surface area contributed by atoms with E-state index in [1.165, 1.54) is 0 Å². The van der Waals surface area contributed by atoms with Crippen LogP contribution in [0.2, 0.25) is 0 Å². The molecular formula is C13H14F3N3O2. The van der Waals surface area contributed by atoms with Gasteiger partial charge in [-0.25, -0.2) is 0 Å². The van der Waals surface area contributed by atoms with Gasteiger partial charge in [0.15, 0.2) is 0 Å². The molecule has 1 aromatic heterocycles. The first-order chi connectivity index (χ1) is 9.88. The molecule has 0 bridgehead atoms. The predicted molar refractivity (Wildman–Crippen MR) is 70.0 cm³/mol. The summed E-state index contributed by atoms with van der Waals surface area (Å²) >= 11 is 0. The number of nitrogens with one attached hydrogen (secondary N) is 3. The number of halogens is 3. The molecule has 0 saturated heterocycles. The summed E-state index contributed by atoms with van der Waals surface area (Å²) in [5.41, 5.74) is -1.55. The van der Waals surface area contributed by atoms with E-state index in [1.807, 2.05) is 6.08 Å². The van der Waals surface area contributed by atoms with Crippen LogP contribution >= 0.6 is 0 Å². The lowest BCUT2D eigenvalue weighted by atomic mass is 10.1. The third-order valence-corrected chi connectivity index (χ3v) is 3.09. The smallest absolute Gasteiger partial charge is 0.348 e.